The first-order valence-electron chi connectivity index (χ1n) is 6.95. The Morgan fingerprint density at radius 2 is 2.11 bits per heavy atom. The molecule has 2 saturated heterocycles. The maximum Gasteiger partial charge on any atom is 0.129 e. The number of nitrogens with two attached hydrogens (primary N) is 1. The van der Waals surface area contributed by atoms with Gasteiger partial charge in [0.05, 0.1) is 10.7 Å². The molecule has 2 atom stereocenters. The highest BCUT2D eigenvalue weighted by Gasteiger charge is 2.35. The zero-order chi connectivity index (χ0) is 13.4. The molecule has 0 amide bonds. The molecule has 3 heterocycles. The number of piperidine rings is 2. The number of nitriles is 1. The minimum Gasteiger partial charge on any atom is -0.397 e. The van der Waals surface area contributed by atoms with E-state index < -0.39 is 0 Å². The van der Waals surface area contributed by atoms with E-state index in [4.69, 9.17) is 11.0 Å². The first kappa shape index (κ1) is 12.8. The molecule has 0 aromatic carbocycles. The monoisotopic (exact) mass is 276 g/mol. The summed E-state index contributed by atoms with van der Waals surface area (Å²) in [5, 5.41) is 13.6. The van der Waals surface area contributed by atoms with Crippen LogP contribution >= 0.6 is 11.3 Å². The molecule has 19 heavy (non-hydrogen) atoms. The molecule has 5 heteroatoms. The minimum absolute atomic E-state index is 0.524. The Morgan fingerprint density at radius 3 is 2.68 bits per heavy atom. The smallest absolute Gasteiger partial charge is 0.129 e. The number of hydrogen-bond acceptors (Lipinski definition) is 5. The van der Waals surface area contributed by atoms with Crippen LogP contribution in [-0.2, 0) is 0 Å². The molecule has 1 aromatic rings. The third-order valence-corrected chi connectivity index (χ3v) is 5.54. The average Bonchev–Trinajstić information content (AvgIpc) is 2.71. The molecule has 2 fully saturated rings. The van der Waals surface area contributed by atoms with Gasteiger partial charge in [-0.3, -0.25) is 0 Å². The van der Waals surface area contributed by atoms with Crippen LogP contribution in [0.3, 0.4) is 0 Å². The van der Waals surface area contributed by atoms with E-state index in [0.717, 1.165) is 17.1 Å². The van der Waals surface area contributed by atoms with Crippen molar-refractivity contribution < 1.29 is 0 Å². The van der Waals surface area contributed by atoms with E-state index >= 15 is 0 Å². The lowest BCUT2D eigenvalue weighted by molar-refractivity contribution is 0.0609. The third-order valence-electron chi connectivity index (χ3n) is 4.55. The molecule has 1 aromatic heterocycles. The van der Waals surface area contributed by atoms with E-state index in [1.165, 1.54) is 43.4 Å². The van der Waals surface area contributed by atoms with Gasteiger partial charge in [0.25, 0.3) is 0 Å². The quantitative estimate of drug-likeness (QED) is 0.871. The Morgan fingerprint density at radius 1 is 1.42 bits per heavy atom. The van der Waals surface area contributed by atoms with Crippen molar-refractivity contribution in [2.45, 2.75) is 50.2 Å². The van der Waals surface area contributed by atoms with E-state index in [0.29, 0.717) is 16.6 Å². The Balaban J connectivity index is 1.69. The van der Waals surface area contributed by atoms with Crippen molar-refractivity contribution in [3.05, 3.63) is 10.9 Å². The highest BCUT2D eigenvalue weighted by Crippen LogP contribution is 2.36. The lowest BCUT2D eigenvalue weighted by Crippen LogP contribution is -2.52. The summed E-state index contributed by atoms with van der Waals surface area (Å²) < 4.78 is 0. The molecule has 0 spiro atoms. The second kappa shape index (κ2) is 5.03. The molecule has 0 saturated carbocycles. The first-order chi connectivity index (χ1) is 9.17. The van der Waals surface area contributed by atoms with Crippen LogP contribution in [0.25, 0.3) is 0 Å². The summed E-state index contributed by atoms with van der Waals surface area (Å²) in [7, 11) is 2.27. The summed E-state index contributed by atoms with van der Waals surface area (Å²) in [4.78, 5) is 3.18. The fraction of sp³-hybridized carbons (Fsp3) is 0.643. The van der Waals surface area contributed by atoms with Gasteiger partial charge >= 0.3 is 0 Å². The largest absolute Gasteiger partial charge is 0.397 e. The van der Waals surface area contributed by atoms with Crippen LogP contribution in [0.1, 0.15) is 37.0 Å². The van der Waals surface area contributed by atoms with E-state index in [9.17, 15) is 0 Å². The number of nitrogens with zero attached hydrogens (tertiary/aromatic N) is 2. The van der Waals surface area contributed by atoms with Crippen molar-refractivity contribution in [3.63, 3.8) is 0 Å². The summed E-state index contributed by atoms with van der Waals surface area (Å²) in [5.41, 5.74) is 6.41. The molecule has 3 rings (SSSR count). The van der Waals surface area contributed by atoms with Gasteiger partial charge in [-0.15, -0.1) is 11.3 Å². The minimum atomic E-state index is 0.524. The number of nitrogen functional groups attached to an aromatic ring is 1. The van der Waals surface area contributed by atoms with Crippen LogP contribution in [0, 0.1) is 11.3 Å². The van der Waals surface area contributed by atoms with E-state index in [-0.39, 0.29) is 0 Å². The van der Waals surface area contributed by atoms with Crippen molar-refractivity contribution in [1.29, 1.82) is 5.26 Å². The summed E-state index contributed by atoms with van der Waals surface area (Å²) >= 11 is 1.47. The van der Waals surface area contributed by atoms with Crippen LogP contribution in [-0.4, -0.2) is 30.1 Å². The zero-order valence-electron chi connectivity index (χ0n) is 11.2. The van der Waals surface area contributed by atoms with Gasteiger partial charge in [0.15, 0.2) is 0 Å². The molecule has 102 valence electrons. The lowest BCUT2D eigenvalue weighted by Gasteiger charge is -2.47. The van der Waals surface area contributed by atoms with Gasteiger partial charge in [-0.25, -0.2) is 0 Å². The molecule has 0 aliphatic carbocycles. The fourth-order valence-electron chi connectivity index (χ4n) is 3.50. The van der Waals surface area contributed by atoms with E-state index in [2.05, 4.69) is 23.3 Å². The standard InChI is InChI=1S/C14H20N4S/c1-18-10-3-2-4-11(18)6-9(5-10)17-14-7-12(16)13(8-15)19-14/h7,9-11,17H,2-6,16H2,1H3. The Bertz CT molecular complexity index is 490. The lowest BCUT2D eigenvalue weighted by atomic mass is 9.82. The zero-order valence-corrected chi connectivity index (χ0v) is 12.0. The predicted octanol–water partition coefficient (Wildman–Crippen LogP) is 2.63. The van der Waals surface area contributed by atoms with Gasteiger partial charge in [0, 0.05) is 18.1 Å². The van der Waals surface area contributed by atoms with Gasteiger partial charge in [0.1, 0.15) is 10.9 Å². The molecule has 2 aliphatic heterocycles. The van der Waals surface area contributed by atoms with Crippen LogP contribution in [0.15, 0.2) is 6.07 Å². The van der Waals surface area contributed by atoms with Crippen LogP contribution in [0.5, 0.6) is 0 Å². The number of nitrogens with one attached hydrogen (secondary N) is 1. The van der Waals surface area contributed by atoms with Crippen molar-refractivity contribution in [2.75, 3.05) is 18.1 Å². The van der Waals surface area contributed by atoms with Crippen molar-refractivity contribution in [3.8, 4) is 6.07 Å². The summed E-state index contributed by atoms with van der Waals surface area (Å²) in [5.74, 6) is 0. The maximum atomic E-state index is 8.95. The molecule has 4 nitrogen and oxygen atoms in total. The molecule has 2 bridgehead atoms. The molecule has 2 unspecified atom stereocenters. The highest BCUT2D eigenvalue weighted by molar-refractivity contribution is 7.17. The summed E-state index contributed by atoms with van der Waals surface area (Å²) in [6.07, 6.45) is 6.42. The Hall–Kier alpha value is -1.25. The van der Waals surface area contributed by atoms with Gasteiger partial charge < -0.3 is 16.0 Å². The van der Waals surface area contributed by atoms with E-state index in [1.54, 1.807) is 0 Å². The van der Waals surface area contributed by atoms with Gasteiger partial charge in [0.2, 0.25) is 0 Å². The summed E-state index contributed by atoms with van der Waals surface area (Å²) in [6.45, 7) is 0. The Labute approximate surface area is 118 Å². The van der Waals surface area contributed by atoms with Gasteiger partial charge in [-0.1, -0.05) is 6.42 Å². The number of hydrogen-bond donors (Lipinski definition) is 2. The normalized spacial score (nSPS) is 30.8. The van der Waals surface area contributed by atoms with Crippen molar-refractivity contribution in [2.24, 2.45) is 0 Å². The van der Waals surface area contributed by atoms with Crippen LogP contribution in [0.2, 0.25) is 0 Å². The van der Waals surface area contributed by atoms with Gasteiger partial charge in [-0.05, 0) is 38.8 Å². The van der Waals surface area contributed by atoms with Crippen molar-refractivity contribution >= 4 is 22.0 Å². The first-order valence-corrected chi connectivity index (χ1v) is 7.77. The predicted molar refractivity (Wildman–Crippen MR) is 79.3 cm³/mol. The topological polar surface area (TPSA) is 65.1 Å². The Kier molecular flexibility index (Phi) is 3.38. The van der Waals surface area contributed by atoms with E-state index in [1.807, 2.05) is 6.07 Å². The molecule has 0 radical (unpaired) electrons. The van der Waals surface area contributed by atoms with Crippen LogP contribution < -0.4 is 11.1 Å². The fourth-order valence-corrected chi connectivity index (χ4v) is 4.35. The second-order valence-electron chi connectivity index (χ2n) is 5.72. The highest BCUT2D eigenvalue weighted by atomic mass is 32.1. The number of rotatable bonds is 2. The molecular weight excluding hydrogens is 256 g/mol. The van der Waals surface area contributed by atoms with Crippen molar-refractivity contribution in [1.82, 2.24) is 4.90 Å². The number of fused-ring (bicyclic) bond motifs is 2. The van der Waals surface area contributed by atoms with Gasteiger partial charge in [-0.2, -0.15) is 5.26 Å². The summed E-state index contributed by atoms with van der Waals surface area (Å²) in [6, 6.07) is 6.01. The second-order valence-corrected chi connectivity index (χ2v) is 6.78. The average molecular weight is 276 g/mol. The maximum absolute atomic E-state index is 8.95. The van der Waals surface area contributed by atoms with Crippen LogP contribution in [0.4, 0.5) is 10.7 Å². The number of anilines is 2. The molecular formula is C14H20N4S. The molecule has 3 N–H and O–H groups in total. The third kappa shape index (κ3) is 2.43. The molecule has 2 aliphatic rings. The number of thiophene rings is 1. The SMILES string of the molecule is CN1C2CCCC1CC(Nc1cc(N)c(C#N)s1)C2.